The van der Waals surface area contributed by atoms with E-state index in [4.69, 9.17) is 0 Å². The topological polar surface area (TPSA) is 44.4 Å². The molecular formula is C16H18FN3O. The summed E-state index contributed by atoms with van der Waals surface area (Å²) in [6.07, 6.45) is 0. The molecule has 0 spiro atoms. The van der Waals surface area contributed by atoms with E-state index in [1.165, 1.54) is 6.07 Å². The Kier molecular flexibility index (Phi) is 4.42. The lowest BCUT2D eigenvalue weighted by molar-refractivity contribution is 0.262. The SMILES string of the molecule is Cc1c(F)cccc1NC(=O)Nc1ccc(N(C)C)cc1. The number of hydrogen-bond donors (Lipinski definition) is 2. The van der Waals surface area contributed by atoms with Crippen LogP contribution >= 0.6 is 0 Å². The summed E-state index contributed by atoms with van der Waals surface area (Å²) in [5.41, 5.74) is 2.59. The molecular weight excluding hydrogens is 269 g/mol. The van der Waals surface area contributed by atoms with Crippen molar-refractivity contribution in [3.8, 4) is 0 Å². The highest BCUT2D eigenvalue weighted by atomic mass is 19.1. The number of amides is 2. The third-order valence-corrected chi connectivity index (χ3v) is 3.16. The molecule has 4 nitrogen and oxygen atoms in total. The van der Waals surface area contributed by atoms with Gasteiger partial charge < -0.3 is 15.5 Å². The van der Waals surface area contributed by atoms with Crippen LogP contribution in [0.3, 0.4) is 0 Å². The second kappa shape index (κ2) is 6.26. The quantitative estimate of drug-likeness (QED) is 0.900. The lowest BCUT2D eigenvalue weighted by Crippen LogP contribution is -2.20. The number of urea groups is 1. The number of nitrogens with one attached hydrogen (secondary N) is 2. The van der Waals surface area contributed by atoms with Crippen LogP contribution in [0.15, 0.2) is 42.5 Å². The van der Waals surface area contributed by atoms with Gasteiger partial charge in [-0.2, -0.15) is 0 Å². The number of carbonyl (C=O) groups excluding carboxylic acids is 1. The third-order valence-electron chi connectivity index (χ3n) is 3.16. The molecule has 2 amide bonds. The van der Waals surface area contributed by atoms with Crippen molar-refractivity contribution in [3.63, 3.8) is 0 Å². The van der Waals surface area contributed by atoms with Crippen molar-refractivity contribution in [2.24, 2.45) is 0 Å². The zero-order valence-corrected chi connectivity index (χ0v) is 12.3. The van der Waals surface area contributed by atoms with Gasteiger partial charge in [0.05, 0.1) is 0 Å². The molecule has 0 aliphatic rings. The Balaban J connectivity index is 2.03. The van der Waals surface area contributed by atoms with E-state index >= 15 is 0 Å². The average Bonchev–Trinajstić information content (AvgIpc) is 2.44. The van der Waals surface area contributed by atoms with Crippen molar-refractivity contribution in [1.29, 1.82) is 0 Å². The zero-order chi connectivity index (χ0) is 15.4. The summed E-state index contributed by atoms with van der Waals surface area (Å²) < 4.78 is 13.4. The Morgan fingerprint density at radius 1 is 1.05 bits per heavy atom. The van der Waals surface area contributed by atoms with Crippen LogP contribution in [0.25, 0.3) is 0 Å². The van der Waals surface area contributed by atoms with E-state index in [0.29, 0.717) is 16.9 Å². The fourth-order valence-corrected chi connectivity index (χ4v) is 1.87. The smallest absolute Gasteiger partial charge is 0.323 e. The Morgan fingerprint density at radius 2 is 1.71 bits per heavy atom. The predicted octanol–water partition coefficient (Wildman–Crippen LogP) is 3.84. The van der Waals surface area contributed by atoms with Crippen molar-refractivity contribution in [2.75, 3.05) is 29.6 Å². The summed E-state index contributed by atoms with van der Waals surface area (Å²) in [6.45, 7) is 1.62. The van der Waals surface area contributed by atoms with Crippen LogP contribution in [-0.4, -0.2) is 20.1 Å². The summed E-state index contributed by atoms with van der Waals surface area (Å²) >= 11 is 0. The van der Waals surface area contributed by atoms with Gasteiger partial charge in [0.2, 0.25) is 0 Å². The van der Waals surface area contributed by atoms with Gasteiger partial charge in [0.15, 0.2) is 0 Å². The summed E-state index contributed by atoms with van der Waals surface area (Å²) in [4.78, 5) is 13.9. The van der Waals surface area contributed by atoms with Crippen LogP contribution in [0.2, 0.25) is 0 Å². The maximum atomic E-state index is 13.4. The van der Waals surface area contributed by atoms with Crippen molar-refractivity contribution >= 4 is 23.1 Å². The van der Waals surface area contributed by atoms with Crippen molar-refractivity contribution < 1.29 is 9.18 Å². The highest BCUT2D eigenvalue weighted by Gasteiger charge is 2.07. The Labute approximate surface area is 123 Å². The first-order valence-corrected chi connectivity index (χ1v) is 6.58. The van der Waals surface area contributed by atoms with E-state index in [2.05, 4.69) is 10.6 Å². The van der Waals surface area contributed by atoms with Crippen molar-refractivity contribution in [2.45, 2.75) is 6.92 Å². The molecule has 0 saturated carbocycles. The third kappa shape index (κ3) is 3.72. The highest BCUT2D eigenvalue weighted by molar-refractivity contribution is 6.00. The van der Waals surface area contributed by atoms with Crippen LogP contribution in [0.1, 0.15) is 5.56 Å². The van der Waals surface area contributed by atoms with Crippen molar-refractivity contribution in [3.05, 3.63) is 53.8 Å². The van der Waals surface area contributed by atoms with Gasteiger partial charge >= 0.3 is 6.03 Å². The summed E-state index contributed by atoms with van der Waals surface area (Å²) in [7, 11) is 3.89. The van der Waals surface area contributed by atoms with Gasteiger partial charge in [-0.25, -0.2) is 9.18 Å². The summed E-state index contributed by atoms with van der Waals surface area (Å²) in [5, 5.41) is 5.35. The molecule has 2 N–H and O–H groups in total. The van der Waals surface area contributed by atoms with E-state index in [0.717, 1.165) is 5.69 Å². The van der Waals surface area contributed by atoms with Crippen LogP contribution in [0.4, 0.5) is 26.2 Å². The first-order valence-electron chi connectivity index (χ1n) is 6.58. The molecule has 2 aromatic rings. The fraction of sp³-hybridized carbons (Fsp3) is 0.188. The molecule has 2 rings (SSSR count). The van der Waals surface area contributed by atoms with Gasteiger partial charge in [-0.3, -0.25) is 0 Å². The number of hydrogen-bond acceptors (Lipinski definition) is 2. The number of rotatable bonds is 3. The number of benzene rings is 2. The molecule has 0 atom stereocenters. The molecule has 0 radical (unpaired) electrons. The van der Waals surface area contributed by atoms with Crippen LogP contribution < -0.4 is 15.5 Å². The lowest BCUT2D eigenvalue weighted by Gasteiger charge is -2.13. The minimum Gasteiger partial charge on any atom is -0.378 e. The molecule has 0 unspecified atom stereocenters. The molecule has 0 aliphatic heterocycles. The molecule has 0 aromatic heterocycles. The molecule has 0 saturated heterocycles. The Hall–Kier alpha value is -2.56. The molecule has 2 aromatic carbocycles. The van der Waals surface area contributed by atoms with Gasteiger partial charge in [0.1, 0.15) is 5.82 Å². The van der Waals surface area contributed by atoms with Crippen LogP contribution in [-0.2, 0) is 0 Å². The van der Waals surface area contributed by atoms with E-state index in [1.54, 1.807) is 19.1 Å². The van der Waals surface area contributed by atoms with Gasteiger partial charge in [-0.05, 0) is 43.3 Å². The monoisotopic (exact) mass is 287 g/mol. The van der Waals surface area contributed by atoms with E-state index in [9.17, 15) is 9.18 Å². The number of carbonyl (C=O) groups is 1. The first kappa shape index (κ1) is 14.8. The standard InChI is InChI=1S/C16H18FN3O/c1-11-14(17)5-4-6-15(11)19-16(21)18-12-7-9-13(10-8-12)20(2)3/h4-10H,1-3H3,(H2,18,19,21). The average molecular weight is 287 g/mol. The molecule has 110 valence electrons. The Morgan fingerprint density at radius 3 is 2.33 bits per heavy atom. The minimum absolute atomic E-state index is 0.344. The summed E-state index contributed by atoms with van der Waals surface area (Å²) in [5.74, 6) is -0.344. The zero-order valence-electron chi connectivity index (χ0n) is 12.3. The molecule has 5 heteroatoms. The van der Waals surface area contributed by atoms with E-state index < -0.39 is 6.03 Å². The van der Waals surface area contributed by atoms with Gasteiger partial charge in [-0.15, -0.1) is 0 Å². The predicted molar refractivity (Wildman–Crippen MR) is 84.5 cm³/mol. The maximum absolute atomic E-state index is 13.4. The van der Waals surface area contributed by atoms with Crippen LogP contribution in [0.5, 0.6) is 0 Å². The first-order chi connectivity index (χ1) is 9.97. The van der Waals surface area contributed by atoms with E-state index in [-0.39, 0.29) is 5.82 Å². The lowest BCUT2D eigenvalue weighted by atomic mass is 10.2. The van der Waals surface area contributed by atoms with Gasteiger partial charge in [0.25, 0.3) is 0 Å². The second-order valence-electron chi connectivity index (χ2n) is 4.93. The number of halogens is 1. The molecule has 0 bridgehead atoms. The van der Waals surface area contributed by atoms with Crippen LogP contribution in [0, 0.1) is 12.7 Å². The largest absolute Gasteiger partial charge is 0.378 e. The molecule has 21 heavy (non-hydrogen) atoms. The number of nitrogens with zero attached hydrogens (tertiary/aromatic N) is 1. The number of anilines is 3. The summed E-state index contributed by atoms with van der Waals surface area (Å²) in [6, 6.07) is 11.6. The van der Waals surface area contributed by atoms with Gasteiger partial charge in [-0.1, -0.05) is 6.07 Å². The second-order valence-corrected chi connectivity index (χ2v) is 4.93. The minimum atomic E-state index is -0.402. The van der Waals surface area contributed by atoms with E-state index in [1.807, 2.05) is 43.3 Å². The van der Waals surface area contributed by atoms with Gasteiger partial charge in [0, 0.05) is 36.7 Å². The highest BCUT2D eigenvalue weighted by Crippen LogP contribution is 2.19. The normalized spacial score (nSPS) is 10.1. The fourth-order valence-electron chi connectivity index (χ4n) is 1.87. The molecule has 0 aliphatic carbocycles. The maximum Gasteiger partial charge on any atom is 0.323 e. The molecule has 0 fully saturated rings. The van der Waals surface area contributed by atoms with Crippen molar-refractivity contribution in [1.82, 2.24) is 0 Å². The molecule has 0 heterocycles. The Bertz CT molecular complexity index is 638.